The van der Waals surface area contributed by atoms with Gasteiger partial charge in [0.05, 0.1) is 67.4 Å². The van der Waals surface area contributed by atoms with E-state index in [4.69, 9.17) is 0 Å². The van der Waals surface area contributed by atoms with Crippen molar-refractivity contribution in [2.45, 2.75) is 0 Å². The molecule has 17 aromatic carbocycles. The molecule has 0 unspecified atom stereocenters. The van der Waals surface area contributed by atoms with Crippen LogP contribution in [0.5, 0.6) is 0 Å². The van der Waals surface area contributed by atoms with Crippen LogP contribution in [0.15, 0.2) is 352 Å². The fourth-order valence-corrected chi connectivity index (χ4v) is 16.9. The molecular weight excluding hydrogens is 1260 g/mol. The third kappa shape index (κ3) is 9.13. The molecule has 0 aliphatic rings. The third-order valence-electron chi connectivity index (χ3n) is 21.8. The Morgan fingerprint density at radius 1 is 0.154 bits per heavy atom. The lowest BCUT2D eigenvalue weighted by Gasteiger charge is -2.15. The van der Waals surface area contributed by atoms with Crippen LogP contribution in [0.4, 0.5) is 0 Å². The molecule has 0 fully saturated rings. The van der Waals surface area contributed by atoms with E-state index in [1.54, 1.807) is 0 Å². The first-order chi connectivity index (χ1) is 51.4. The minimum atomic E-state index is 0.651. The van der Waals surface area contributed by atoms with Crippen LogP contribution in [0, 0.1) is 22.7 Å². The molecule has 0 atom stereocenters. The maximum atomic E-state index is 9.50. The number of fused-ring (bicyclic) bond motifs is 18. The van der Waals surface area contributed by atoms with Crippen molar-refractivity contribution >= 4 is 120 Å². The molecule has 0 amide bonds. The number of hydrogen-bond acceptors (Lipinski definition) is 2. The Morgan fingerprint density at radius 3 is 0.827 bits per heavy atom. The molecule has 0 aliphatic heterocycles. The Labute approximate surface area is 598 Å². The summed E-state index contributed by atoms with van der Waals surface area (Å²) >= 11 is 0. The van der Waals surface area contributed by atoms with Gasteiger partial charge in [-0.3, -0.25) is 0 Å². The first-order valence-corrected chi connectivity index (χ1v) is 35.3. The van der Waals surface area contributed by atoms with Crippen molar-refractivity contribution in [3.8, 4) is 90.5 Å². The van der Waals surface area contributed by atoms with E-state index in [0.29, 0.717) is 11.1 Å². The molecule has 0 saturated heterocycles. The topological polar surface area (TPSA) is 67.3 Å². The van der Waals surface area contributed by atoms with Gasteiger partial charge in [-0.2, -0.15) is 10.5 Å². The van der Waals surface area contributed by atoms with Crippen LogP contribution in [-0.2, 0) is 0 Å². The average molecular weight is 1320 g/mol. The predicted molar refractivity (Wildman–Crippen MR) is 433 cm³/mol. The predicted octanol–water partition coefficient (Wildman–Crippen LogP) is 25.6. The van der Waals surface area contributed by atoms with Crippen molar-refractivity contribution in [2.75, 3.05) is 0 Å². The van der Waals surface area contributed by atoms with Crippen molar-refractivity contribution < 1.29 is 0 Å². The second-order valence-electron chi connectivity index (χ2n) is 27.4. The molecule has 21 aromatic rings. The van der Waals surface area contributed by atoms with Crippen molar-refractivity contribution in [1.82, 2.24) is 18.3 Å². The second kappa shape index (κ2) is 23.1. The number of benzene rings is 17. The summed E-state index contributed by atoms with van der Waals surface area (Å²) < 4.78 is 9.62. The normalized spacial score (nSPS) is 11.8. The summed E-state index contributed by atoms with van der Waals surface area (Å²) in [6, 6.07) is 133. The van der Waals surface area contributed by atoms with Crippen LogP contribution in [0.1, 0.15) is 11.1 Å². The highest BCUT2D eigenvalue weighted by Crippen LogP contribution is 2.45. The quantitative estimate of drug-likeness (QED) is 0.135. The van der Waals surface area contributed by atoms with Gasteiger partial charge >= 0.3 is 0 Å². The van der Waals surface area contributed by atoms with Gasteiger partial charge in [-0.15, -0.1) is 0 Å². The lowest BCUT2D eigenvalue weighted by Crippen LogP contribution is -1.95. The smallest absolute Gasteiger partial charge is 0.0991 e. The molecule has 4 heterocycles. The van der Waals surface area contributed by atoms with E-state index in [9.17, 15) is 10.5 Å². The zero-order chi connectivity index (χ0) is 68.7. The van der Waals surface area contributed by atoms with Crippen molar-refractivity contribution in [1.29, 1.82) is 10.5 Å². The fraction of sp³-hybridized carbons (Fsp3) is 0. The monoisotopic (exact) mass is 1320 g/mol. The van der Waals surface area contributed by atoms with Gasteiger partial charge in [0.25, 0.3) is 0 Å². The van der Waals surface area contributed by atoms with Gasteiger partial charge in [-0.1, -0.05) is 194 Å². The summed E-state index contributed by atoms with van der Waals surface area (Å²) in [4.78, 5) is 0. The lowest BCUT2D eigenvalue weighted by atomic mass is 9.91. The van der Waals surface area contributed by atoms with Crippen LogP contribution < -0.4 is 0 Å². The number of aromatic nitrogens is 4. The minimum absolute atomic E-state index is 0.651. The van der Waals surface area contributed by atoms with E-state index in [-0.39, 0.29) is 0 Å². The zero-order valence-electron chi connectivity index (χ0n) is 56.2. The summed E-state index contributed by atoms with van der Waals surface area (Å²) in [6.45, 7) is 0. The highest BCUT2D eigenvalue weighted by molar-refractivity contribution is 6.27. The van der Waals surface area contributed by atoms with Gasteiger partial charge in [0, 0.05) is 65.8 Å². The Bertz CT molecular complexity index is 7290. The molecule has 0 bridgehead atoms. The molecule has 0 saturated carbocycles. The summed E-state index contributed by atoms with van der Waals surface area (Å²) in [5, 5.41) is 35.9. The van der Waals surface area contributed by atoms with Gasteiger partial charge in [-0.05, 0) is 246 Å². The van der Waals surface area contributed by atoms with E-state index < -0.39 is 0 Å². The minimum Gasteiger partial charge on any atom is -0.309 e. The summed E-state index contributed by atoms with van der Waals surface area (Å²) in [5.41, 5.74) is 26.2. The molecule has 6 nitrogen and oxygen atoms in total. The van der Waals surface area contributed by atoms with Gasteiger partial charge in [0.15, 0.2) is 0 Å². The standard InChI is InChI=1S/C98H58N6/c99-59-61-28-32-63(33-29-61)65-14-12-18-74(50-65)102-91-25-9-6-22-81(91)86-53-68(37-45-94(86)102)69-39-47-96-88(54-69)83-24-8-11-27-93(83)104(96)76-42-44-80-84-52-67(36-43-79(84)77-20-4-5-21-78(77)85(80)58-76)71-40-48-97-89(56-71)90-57-72(41-49-98(90)101(97)73-16-2-1-3-17-73)70-38-46-95-87(55-70)82-23-7-10-26-92(82)103(95)75-19-13-15-66(51-75)64-34-30-62(60-100)31-35-64/h1-58H. The zero-order valence-corrected chi connectivity index (χ0v) is 56.2. The lowest BCUT2D eigenvalue weighted by molar-refractivity contribution is 1.18. The van der Waals surface area contributed by atoms with Gasteiger partial charge in [0.1, 0.15) is 0 Å². The Kier molecular flexibility index (Phi) is 13.0. The van der Waals surface area contributed by atoms with Gasteiger partial charge in [0.2, 0.25) is 0 Å². The maximum absolute atomic E-state index is 9.50. The Morgan fingerprint density at radius 2 is 0.413 bits per heavy atom. The second-order valence-corrected chi connectivity index (χ2v) is 27.4. The average Bonchev–Trinajstić information content (AvgIpc) is 1.62. The first-order valence-electron chi connectivity index (χ1n) is 35.3. The highest BCUT2D eigenvalue weighted by atomic mass is 15.0. The summed E-state index contributed by atoms with van der Waals surface area (Å²) in [5.74, 6) is 0. The maximum Gasteiger partial charge on any atom is 0.0991 e. The molecule has 21 rings (SSSR count). The van der Waals surface area contributed by atoms with E-state index >= 15 is 0 Å². The molecule has 480 valence electrons. The SMILES string of the molecule is N#Cc1ccc(-c2cccc(-n3c4ccccc4c4cc(-c5ccc6c(c5)c5ccccc5n6-c5ccc6c7cc(-c8ccc9c(c8)c8cc(-c%10ccc%11c(c%10)c%10ccccc%10n%11-c%10cccc(-c%11ccc(C#N)cc%11)c%10)ccc8n9-c8ccccc8)ccc7c7ccccc7c6c5)ccc43)c2)cc1. The molecule has 0 N–H and O–H groups in total. The number of nitrogens with zero attached hydrogens (tertiary/aromatic N) is 6. The Hall–Kier alpha value is -14.3. The van der Waals surface area contributed by atoms with Crippen LogP contribution in [0.25, 0.3) is 198 Å². The van der Waals surface area contributed by atoms with Crippen molar-refractivity contribution in [3.05, 3.63) is 363 Å². The fourth-order valence-electron chi connectivity index (χ4n) is 16.9. The van der Waals surface area contributed by atoms with Gasteiger partial charge in [-0.25, -0.2) is 0 Å². The van der Waals surface area contributed by atoms with E-state index in [1.807, 2.05) is 48.5 Å². The number of nitriles is 2. The summed E-state index contributed by atoms with van der Waals surface area (Å²) in [6.07, 6.45) is 0. The van der Waals surface area contributed by atoms with Crippen LogP contribution in [0.2, 0.25) is 0 Å². The van der Waals surface area contributed by atoms with E-state index in [0.717, 1.165) is 123 Å². The van der Waals surface area contributed by atoms with E-state index in [1.165, 1.54) is 75.4 Å². The number of rotatable bonds is 9. The highest BCUT2D eigenvalue weighted by Gasteiger charge is 2.22. The molecule has 104 heavy (non-hydrogen) atoms. The molecule has 0 aliphatic carbocycles. The Balaban J connectivity index is 0.660. The van der Waals surface area contributed by atoms with Crippen molar-refractivity contribution in [3.63, 3.8) is 0 Å². The molecular formula is C98H58N6. The van der Waals surface area contributed by atoms with Crippen LogP contribution >= 0.6 is 0 Å². The third-order valence-corrected chi connectivity index (χ3v) is 21.8. The number of hydrogen-bond donors (Lipinski definition) is 0. The molecule has 0 spiro atoms. The number of para-hydroxylation sites is 4. The molecule has 4 aromatic heterocycles. The molecule has 0 radical (unpaired) electrons. The van der Waals surface area contributed by atoms with Gasteiger partial charge < -0.3 is 18.3 Å². The molecule has 6 heteroatoms. The first kappa shape index (κ1) is 58.6. The van der Waals surface area contributed by atoms with Crippen LogP contribution in [0.3, 0.4) is 0 Å². The largest absolute Gasteiger partial charge is 0.309 e. The van der Waals surface area contributed by atoms with E-state index in [2.05, 4.69) is 334 Å². The van der Waals surface area contributed by atoms with Crippen molar-refractivity contribution in [2.24, 2.45) is 0 Å². The van der Waals surface area contributed by atoms with Crippen LogP contribution in [-0.4, -0.2) is 18.3 Å². The summed E-state index contributed by atoms with van der Waals surface area (Å²) in [7, 11) is 0.